The molecule has 2 aromatic heterocycles. The van der Waals surface area contributed by atoms with Crippen molar-refractivity contribution < 1.29 is 19.4 Å². The maximum atomic E-state index is 13.5. The van der Waals surface area contributed by atoms with E-state index in [2.05, 4.69) is 6.58 Å². The Balaban J connectivity index is 1.76. The van der Waals surface area contributed by atoms with E-state index in [-0.39, 0.29) is 24.3 Å². The highest BCUT2D eigenvalue weighted by Gasteiger charge is 2.47. The Labute approximate surface area is 178 Å². The van der Waals surface area contributed by atoms with E-state index >= 15 is 0 Å². The Morgan fingerprint density at radius 3 is 2.90 bits per heavy atom. The summed E-state index contributed by atoms with van der Waals surface area (Å²) >= 11 is 0. The van der Waals surface area contributed by atoms with Crippen LogP contribution in [-0.2, 0) is 33.0 Å². The molecule has 0 unspecified atom stereocenters. The van der Waals surface area contributed by atoms with Crippen LogP contribution in [0.5, 0.6) is 0 Å². The molecule has 2 aliphatic heterocycles. The summed E-state index contributed by atoms with van der Waals surface area (Å²) in [5, 5.41) is 12.7. The molecule has 31 heavy (non-hydrogen) atoms. The zero-order valence-corrected chi connectivity index (χ0v) is 17.3. The number of nitrogens with zero attached hydrogens (tertiary/aromatic N) is 2. The van der Waals surface area contributed by atoms with E-state index in [1.165, 1.54) is 6.92 Å². The number of hydrogen-bond acceptors (Lipinski definition) is 6. The smallest absolute Gasteiger partial charge is 0.303 e. The highest BCUT2D eigenvalue weighted by Crippen LogP contribution is 2.41. The van der Waals surface area contributed by atoms with Crippen LogP contribution < -0.4 is 5.56 Å². The number of ether oxygens (including phenoxy) is 2. The quantitative estimate of drug-likeness (QED) is 0.504. The van der Waals surface area contributed by atoms with Crippen LogP contribution in [0.25, 0.3) is 22.3 Å². The van der Waals surface area contributed by atoms with E-state index in [0.29, 0.717) is 29.1 Å². The highest BCUT2D eigenvalue weighted by molar-refractivity contribution is 5.84. The number of pyridine rings is 2. The van der Waals surface area contributed by atoms with E-state index in [4.69, 9.17) is 14.5 Å². The van der Waals surface area contributed by atoms with Crippen LogP contribution in [0.1, 0.15) is 37.0 Å². The zero-order valence-electron chi connectivity index (χ0n) is 17.3. The molecule has 0 radical (unpaired) electrons. The van der Waals surface area contributed by atoms with Crippen LogP contribution in [0.15, 0.2) is 53.5 Å². The number of fused-ring (bicyclic) bond motifs is 5. The van der Waals surface area contributed by atoms with Gasteiger partial charge in [0.15, 0.2) is 6.10 Å². The first-order chi connectivity index (χ1) is 14.8. The molecular formula is C24H22N2O5. The van der Waals surface area contributed by atoms with E-state index in [0.717, 1.165) is 16.5 Å². The molecule has 2 aliphatic rings. The monoisotopic (exact) mass is 418 g/mol. The molecule has 4 heterocycles. The van der Waals surface area contributed by atoms with Crippen LogP contribution in [0.3, 0.4) is 0 Å². The third-order valence-corrected chi connectivity index (χ3v) is 6.19. The molecule has 0 aliphatic carbocycles. The van der Waals surface area contributed by atoms with Crippen LogP contribution in [0.4, 0.5) is 0 Å². The van der Waals surface area contributed by atoms with Crippen molar-refractivity contribution in [3.63, 3.8) is 0 Å². The van der Waals surface area contributed by atoms with Crippen LogP contribution in [-0.4, -0.2) is 26.7 Å². The molecule has 2 atom stereocenters. The molecule has 0 saturated carbocycles. The van der Waals surface area contributed by atoms with Crippen molar-refractivity contribution in [2.45, 2.75) is 45.1 Å². The minimum atomic E-state index is -1.65. The number of rotatable bonds is 2. The van der Waals surface area contributed by atoms with Gasteiger partial charge in [-0.3, -0.25) is 9.59 Å². The van der Waals surface area contributed by atoms with Gasteiger partial charge in [0.2, 0.25) is 0 Å². The lowest BCUT2D eigenvalue weighted by molar-refractivity contribution is -0.163. The third kappa shape index (κ3) is 2.80. The number of para-hydroxylation sites is 1. The minimum Gasteiger partial charge on any atom is -0.490 e. The Hall–Kier alpha value is -3.45. The molecule has 0 bridgehead atoms. The summed E-state index contributed by atoms with van der Waals surface area (Å²) in [4.78, 5) is 30.0. The second kappa shape index (κ2) is 6.78. The standard InChI is InChI=1S/C24H22N2O5/c1-4-24(29)18-10-20-21-16(9-15-7-5-6-8-19(15)25-21)11-26(20)23(28)17(18)12-30-13(2)22(24)31-14(3)27/h5-10,22,29H,2,4,11-12H2,1,3H3/t22-,24-/m0/s1. The lowest BCUT2D eigenvalue weighted by Gasteiger charge is -2.34. The summed E-state index contributed by atoms with van der Waals surface area (Å²) in [7, 11) is 0. The molecule has 158 valence electrons. The van der Waals surface area contributed by atoms with Crippen LogP contribution >= 0.6 is 0 Å². The van der Waals surface area contributed by atoms with E-state index < -0.39 is 17.7 Å². The van der Waals surface area contributed by atoms with E-state index in [1.54, 1.807) is 17.6 Å². The molecule has 3 aromatic rings. The van der Waals surface area contributed by atoms with Crippen molar-refractivity contribution >= 4 is 16.9 Å². The van der Waals surface area contributed by atoms with Gasteiger partial charge in [0.05, 0.1) is 29.0 Å². The van der Waals surface area contributed by atoms with Crippen molar-refractivity contribution in [3.05, 3.63) is 75.8 Å². The molecule has 0 spiro atoms. The highest BCUT2D eigenvalue weighted by atomic mass is 16.6. The van der Waals surface area contributed by atoms with Gasteiger partial charge in [-0.15, -0.1) is 0 Å². The maximum Gasteiger partial charge on any atom is 0.303 e. The van der Waals surface area contributed by atoms with E-state index in [1.807, 2.05) is 30.3 Å². The Morgan fingerprint density at radius 1 is 1.39 bits per heavy atom. The predicted octanol–water partition coefficient (Wildman–Crippen LogP) is 3.00. The first-order valence-electron chi connectivity index (χ1n) is 10.2. The first kappa shape index (κ1) is 19.5. The Kier molecular flexibility index (Phi) is 4.27. The number of carbonyl (C=O) groups excluding carboxylic acids is 1. The molecule has 0 amide bonds. The van der Waals surface area contributed by atoms with Gasteiger partial charge in [0.25, 0.3) is 5.56 Å². The lowest BCUT2D eigenvalue weighted by atomic mass is 9.83. The van der Waals surface area contributed by atoms with Gasteiger partial charge in [0, 0.05) is 23.4 Å². The van der Waals surface area contributed by atoms with Gasteiger partial charge < -0.3 is 19.1 Å². The second-order valence-corrected chi connectivity index (χ2v) is 8.02. The van der Waals surface area contributed by atoms with Gasteiger partial charge in [-0.25, -0.2) is 4.98 Å². The summed E-state index contributed by atoms with van der Waals surface area (Å²) in [6, 6.07) is 11.6. The van der Waals surface area contributed by atoms with Gasteiger partial charge >= 0.3 is 5.97 Å². The van der Waals surface area contributed by atoms with Gasteiger partial charge in [-0.1, -0.05) is 31.7 Å². The average Bonchev–Trinajstić information content (AvgIpc) is 3.07. The molecule has 7 heteroatoms. The summed E-state index contributed by atoms with van der Waals surface area (Å²) < 4.78 is 12.7. The molecule has 0 fully saturated rings. The lowest BCUT2D eigenvalue weighted by Crippen LogP contribution is -2.43. The fourth-order valence-corrected chi connectivity index (χ4v) is 4.59. The normalized spacial score (nSPS) is 21.6. The summed E-state index contributed by atoms with van der Waals surface area (Å²) in [5.74, 6) is -0.453. The predicted molar refractivity (Wildman–Crippen MR) is 114 cm³/mol. The van der Waals surface area contributed by atoms with Crippen molar-refractivity contribution in [2.75, 3.05) is 0 Å². The third-order valence-electron chi connectivity index (χ3n) is 6.19. The number of aromatic nitrogens is 2. The van der Waals surface area contributed by atoms with Gasteiger partial charge in [0.1, 0.15) is 18.0 Å². The average molecular weight is 418 g/mol. The fraction of sp³-hybridized carbons (Fsp3) is 0.292. The largest absolute Gasteiger partial charge is 0.490 e. The molecule has 1 aromatic carbocycles. The van der Waals surface area contributed by atoms with Gasteiger partial charge in [-0.2, -0.15) is 0 Å². The number of esters is 1. The number of benzene rings is 1. The summed E-state index contributed by atoms with van der Waals surface area (Å²) in [6.07, 6.45) is -0.926. The summed E-state index contributed by atoms with van der Waals surface area (Å²) in [6.45, 7) is 7.20. The van der Waals surface area contributed by atoms with Gasteiger partial charge in [-0.05, 0) is 24.6 Å². The Bertz CT molecular complexity index is 1330. The summed E-state index contributed by atoms with van der Waals surface area (Å²) in [5.41, 5.74) is 1.94. The number of hydrogen-bond donors (Lipinski definition) is 1. The number of carbonyl (C=O) groups is 1. The Morgan fingerprint density at radius 2 is 2.16 bits per heavy atom. The topological polar surface area (TPSA) is 90.7 Å². The number of aliphatic hydroxyl groups is 1. The van der Waals surface area contributed by atoms with Crippen molar-refractivity contribution in [1.82, 2.24) is 9.55 Å². The van der Waals surface area contributed by atoms with Crippen LogP contribution in [0, 0.1) is 0 Å². The minimum absolute atomic E-state index is 0.0564. The zero-order chi connectivity index (χ0) is 21.9. The SMILES string of the molecule is C=C1OCc2c(cc3n(c2=O)Cc2cc4ccccc4nc2-3)[C@@](O)(CC)[C@H]1OC(C)=O. The molecule has 5 rings (SSSR count). The van der Waals surface area contributed by atoms with Crippen molar-refractivity contribution in [2.24, 2.45) is 0 Å². The fourth-order valence-electron chi connectivity index (χ4n) is 4.59. The molecule has 0 saturated heterocycles. The first-order valence-corrected chi connectivity index (χ1v) is 10.2. The molecular weight excluding hydrogens is 396 g/mol. The maximum absolute atomic E-state index is 13.5. The van der Waals surface area contributed by atoms with Crippen molar-refractivity contribution in [3.8, 4) is 11.4 Å². The van der Waals surface area contributed by atoms with E-state index in [9.17, 15) is 14.7 Å². The van der Waals surface area contributed by atoms with Crippen molar-refractivity contribution in [1.29, 1.82) is 0 Å². The molecule has 1 N–H and O–H groups in total. The van der Waals surface area contributed by atoms with Crippen LogP contribution in [0.2, 0.25) is 0 Å². The second-order valence-electron chi connectivity index (χ2n) is 8.02. The molecule has 7 nitrogen and oxygen atoms in total.